The molecule has 0 amide bonds. The summed E-state index contributed by atoms with van der Waals surface area (Å²) in [7, 11) is 6.31. The molecule has 0 spiro atoms. The van der Waals surface area contributed by atoms with Crippen molar-refractivity contribution in [1.29, 1.82) is 0 Å². The number of rotatable bonds is 7. The predicted octanol–water partition coefficient (Wildman–Crippen LogP) is 2.82. The summed E-state index contributed by atoms with van der Waals surface area (Å²) in [6, 6.07) is 8.90. The van der Waals surface area contributed by atoms with Crippen molar-refractivity contribution in [3.8, 4) is 0 Å². The summed E-state index contributed by atoms with van der Waals surface area (Å²) in [6.45, 7) is 10.3. The Morgan fingerprint density at radius 2 is 1.83 bits per heavy atom. The molecule has 1 aromatic heterocycles. The van der Waals surface area contributed by atoms with E-state index in [9.17, 15) is 4.79 Å². The van der Waals surface area contributed by atoms with Gasteiger partial charge in [0.2, 0.25) is 0 Å². The number of fused-ring (bicyclic) bond motifs is 1. The number of hydrogen-bond donors (Lipinski definition) is 0. The smallest absolute Gasteiger partial charge is 0.261 e. The molecule has 1 saturated heterocycles. The second-order valence-corrected chi connectivity index (χ2v) is 8.87. The Bertz CT molecular complexity index is 865. The molecule has 3 atom stereocenters. The SMILES string of the molecule is CCCC(c1nc2ccccc2c(=O)n1CCN(C)C)N1C[C@@H](C)N(C)[C@@H](C)C1. The van der Waals surface area contributed by atoms with Crippen LogP contribution >= 0.6 is 0 Å². The monoisotopic (exact) mass is 399 g/mol. The Kier molecular flexibility index (Phi) is 7.09. The van der Waals surface area contributed by atoms with Gasteiger partial charge in [-0.1, -0.05) is 25.5 Å². The summed E-state index contributed by atoms with van der Waals surface area (Å²) >= 11 is 0. The van der Waals surface area contributed by atoms with Crippen LogP contribution in [0.5, 0.6) is 0 Å². The van der Waals surface area contributed by atoms with E-state index in [1.165, 1.54) is 0 Å². The maximum Gasteiger partial charge on any atom is 0.261 e. The van der Waals surface area contributed by atoms with Crippen molar-refractivity contribution >= 4 is 10.9 Å². The number of aromatic nitrogens is 2. The molecule has 1 aliphatic rings. The zero-order chi connectivity index (χ0) is 21.1. The number of benzene rings is 1. The molecule has 0 saturated carbocycles. The molecular formula is C23H37N5O. The lowest BCUT2D eigenvalue weighted by Gasteiger charge is -2.45. The highest BCUT2D eigenvalue weighted by Crippen LogP contribution is 2.29. The topological polar surface area (TPSA) is 44.6 Å². The minimum absolute atomic E-state index is 0.0868. The van der Waals surface area contributed by atoms with Crippen molar-refractivity contribution in [1.82, 2.24) is 24.3 Å². The quantitative estimate of drug-likeness (QED) is 0.716. The molecule has 3 rings (SSSR count). The molecule has 1 fully saturated rings. The van der Waals surface area contributed by atoms with Crippen LogP contribution in [0.3, 0.4) is 0 Å². The van der Waals surface area contributed by atoms with E-state index in [4.69, 9.17) is 4.98 Å². The Morgan fingerprint density at radius 3 is 2.45 bits per heavy atom. The van der Waals surface area contributed by atoms with E-state index >= 15 is 0 Å². The van der Waals surface area contributed by atoms with Gasteiger partial charge < -0.3 is 4.90 Å². The third-order valence-corrected chi connectivity index (χ3v) is 6.35. The largest absolute Gasteiger partial charge is 0.308 e. The van der Waals surface area contributed by atoms with Crippen LogP contribution in [-0.4, -0.2) is 77.1 Å². The first-order chi connectivity index (χ1) is 13.8. The van der Waals surface area contributed by atoms with Crippen LogP contribution in [0.1, 0.15) is 45.5 Å². The van der Waals surface area contributed by atoms with Crippen molar-refractivity contribution < 1.29 is 0 Å². The highest BCUT2D eigenvalue weighted by molar-refractivity contribution is 5.77. The zero-order valence-corrected chi connectivity index (χ0v) is 18.9. The minimum Gasteiger partial charge on any atom is -0.308 e. The fourth-order valence-corrected chi connectivity index (χ4v) is 4.40. The maximum absolute atomic E-state index is 13.4. The fourth-order valence-electron chi connectivity index (χ4n) is 4.40. The van der Waals surface area contributed by atoms with E-state index in [2.05, 4.69) is 42.5 Å². The average molecular weight is 400 g/mol. The van der Waals surface area contributed by atoms with Crippen LogP contribution in [-0.2, 0) is 6.54 Å². The lowest BCUT2D eigenvalue weighted by molar-refractivity contribution is 0.0267. The first kappa shape index (κ1) is 21.9. The van der Waals surface area contributed by atoms with Crippen LogP contribution in [0.2, 0.25) is 0 Å². The number of likely N-dealkylation sites (N-methyl/N-ethyl adjacent to an activating group) is 2. The molecule has 160 valence electrons. The molecule has 1 aromatic carbocycles. The summed E-state index contributed by atoms with van der Waals surface area (Å²) in [6.07, 6.45) is 2.08. The number of piperazine rings is 1. The minimum atomic E-state index is 0.0868. The van der Waals surface area contributed by atoms with Crippen molar-refractivity contribution in [2.24, 2.45) is 0 Å². The van der Waals surface area contributed by atoms with Gasteiger partial charge in [0, 0.05) is 38.3 Å². The van der Waals surface area contributed by atoms with Gasteiger partial charge >= 0.3 is 0 Å². The molecule has 0 N–H and O–H groups in total. The number of hydrogen-bond acceptors (Lipinski definition) is 5. The molecular weight excluding hydrogens is 362 g/mol. The van der Waals surface area contributed by atoms with Gasteiger partial charge in [-0.2, -0.15) is 0 Å². The van der Waals surface area contributed by atoms with E-state index in [-0.39, 0.29) is 11.6 Å². The molecule has 2 heterocycles. The van der Waals surface area contributed by atoms with Crippen molar-refractivity contribution in [3.63, 3.8) is 0 Å². The van der Waals surface area contributed by atoms with Gasteiger partial charge in [0.25, 0.3) is 5.56 Å². The summed E-state index contributed by atoms with van der Waals surface area (Å²) in [5, 5.41) is 0.713. The second-order valence-electron chi connectivity index (χ2n) is 8.87. The maximum atomic E-state index is 13.4. The summed E-state index contributed by atoms with van der Waals surface area (Å²) in [5.41, 5.74) is 0.897. The zero-order valence-electron chi connectivity index (χ0n) is 18.9. The summed E-state index contributed by atoms with van der Waals surface area (Å²) < 4.78 is 1.94. The summed E-state index contributed by atoms with van der Waals surface area (Å²) in [5.74, 6) is 0.932. The Balaban J connectivity index is 2.10. The molecule has 2 aromatic rings. The van der Waals surface area contributed by atoms with Gasteiger partial charge in [0.15, 0.2) is 0 Å². The van der Waals surface area contributed by atoms with Gasteiger partial charge in [-0.15, -0.1) is 0 Å². The van der Waals surface area contributed by atoms with Gasteiger partial charge in [-0.05, 0) is 53.5 Å². The average Bonchev–Trinajstić information content (AvgIpc) is 2.69. The third-order valence-electron chi connectivity index (χ3n) is 6.35. The van der Waals surface area contributed by atoms with E-state index in [0.717, 1.165) is 43.8 Å². The second kappa shape index (κ2) is 9.37. The molecule has 6 heteroatoms. The van der Waals surface area contributed by atoms with Crippen LogP contribution in [0.4, 0.5) is 0 Å². The third kappa shape index (κ3) is 4.71. The molecule has 0 aliphatic carbocycles. The standard InChI is InChI=1S/C23H37N5O/c1-7-10-21(27-15-17(2)26(6)18(3)16-27)22-24-20-12-9-8-11-19(20)23(29)28(22)14-13-25(4)5/h8-9,11-12,17-18,21H,7,10,13-16H2,1-6H3/t17-,18+,21?. The fraction of sp³-hybridized carbons (Fsp3) is 0.652. The van der Waals surface area contributed by atoms with E-state index < -0.39 is 0 Å². The van der Waals surface area contributed by atoms with E-state index in [1.807, 2.05) is 42.9 Å². The van der Waals surface area contributed by atoms with Crippen LogP contribution in [0.15, 0.2) is 29.1 Å². The van der Waals surface area contributed by atoms with E-state index in [1.54, 1.807) is 0 Å². The first-order valence-electron chi connectivity index (χ1n) is 10.9. The van der Waals surface area contributed by atoms with Crippen molar-refractivity contribution in [2.45, 2.75) is 58.3 Å². The normalized spacial score (nSPS) is 22.4. The van der Waals surface area contributed by atoms with Crippen LogP contribution < -0.4 is 5.56 Å². The summed E-state index contributed by atoms with van der Waals surface area (Å²) in [4.78, 5) is 25.6. The van der Waals surface area contributed by atoms with Gasteiger partial charge in [0.05, 0.1) is 16.9 Å². The molecule has 1 unspecified atom stereocenters. The molecule has 0 radical (unpaired) electrons. The highest BCUT2D eigenvalue weighted by atomic mass is 16.1. The van der Waals surface area contributed by atoms with Crippen LogP contribution in [0.25, 0.3) is 10.9 Å². The molecule has 0 bridgehead atoms. The predicted molar refractivity (Wildman–Crippen MR) is 120 cm³/mol. The first-order valence-corrected chi connectivity index (χ1v) is 10.9. The molecule has 29 heavy (non-hydrogen) atoms. The van der Waals surface area contributed by atoms with Gasteiger partial charge in [-0.3, -0.25) is 19.2 Å². The van der Waals surface area contributed by atoms with Crippen LogP contribution in [0, 0.1) is 0 Å². The molecule has 6 nitrogen and oxygen atoms in total. The van der Waals surface area contributed by atoms with E-state index in [0.29, 0.717) is 24.0 Å². The number of nitrogens with zero attached hydrogens (tertiary/aromatic N) is 5. The lowest BCUT2D eigenvalue weighted by Crippen LogP contribution is -2.56. The van der Waals surface area contributed by atoms with Crippen molar-refractivity contribution in [3.05, 3.63) is 40.4 Å². The highest BCUT2D eigenvalue weighted by Gasteiger charge is 2.33. The van der Waals surface area contributed by atoms with Gasteiger partial charge in [-0.25, -0.2) is 4.98 Å². The molecule has 1 aliphatic heterocycles. The Labute approximate surface area is 175 Å². The number of para-hydroxylation sites is 1. The Morgan fingerprint density at radius 1 is 1.17 bits per heavy atom. The lowest BCUT2D eigenvalue weighted by atomic mass is 10.0. The van der Waals surface area contributed by atoms with Crippen molar-refractivity contribution in [2.75, 3.05) is 40.8 Å². The van der Waals surface area contributed by atoms with Gasteiger partial charge in [0.1, 0.15) is 5.82 Å². The Hall–Kier alpha value is -1.76.